The van der Waals surface area contributed by atoms with Crippen molar-refractivity contribution in [2.24, 2.45) is 0 Å². The minimum absolute atomic E-state index is 0.0161. The summed E-state index contributed by atoms with van der Waals surface area (Å²) < 4.78 is 55.8. The van der Waals surface area contributed by atoms with Crippen LogP contribution in [0.5, 0.6) is 11.5 Å². The Kier molecular flexibility index (Phi) is 15.4. The first kappa shape index (κ1) is 45.1. The highest BCUT2D eigenvalue weighted by Crippen LogP contribution is 2.54. The normalized spacial score (nSPS) is 22.6. The van der Waals surface area contributed by atoms with E-state index in [1.165, 1.54) is 16.8 Å². The van der Waals surface area contributed by atoms with Gasteiger partial charge in [0.25, 0.3) is 14.1 Å². The smallest absolute Gasteiger partial charge is 0.330 e. The SMILES string of the molecule is COc1ccc(C(OC[C@H]2O[C@@H](n3ccc(=O)[nH]c3=O)[C@](C)(OC3CCCCO3)[C@@H]2OP(OCCC#N)N(C(C)C)C(C)C)(c2ccccc2)c2ccc(OC)cc2)cc1. The number of ether oxygens (including phenoxy) is 6. The standard InChI is InChI=1S/C45H57N4O10P/c1-31(2)49(32(3)4)60(56-29-13-26-46)59-41-38(57-42(48-27-25-39(50)47-43(48)51)44(41,5)58-40-16-11-12-28-54-40)30-55-45(33-14-9-8-10-15-33,34-17-21-36(52-6)22-18-34)35-19-23-37(53-7)24-20-35/h8-10,14-15,17-25,27,31-32,38,40-42H,11-13,16,28-30H2,1-7H3,(H,47,50,51)/t38-,40?,41-,42-,44-,60?/m1/s1. The lowest BCUT2D eigenvalue weighted by Crippen LogP contribution is -2.53. The molecule has 2 saturated heterocycles. The van der Waals surface area contributed by atoms with Crippen LogP contribution >= 0.6 is 8.53 Å². The van der Waals surface area contributed by atoms with E-state index in [1.807, 2.05) is 85.8 Å². The van der Waals surface area contributed by atoms with E-state index in [9.17, 15) is 14.9 Å². The van der Waals surface area contributed by atoms with Crippen LogP contribution < -0.4 is 20.7 Å². The molecule has 2 aliphatic rings. The number of aromatic nitrogens is 2. The maximum atomic E-state index is 13.7. The molecule has 14 nitrogen and oxygen atoms in total. The molecule has 0 amide bonds. The number of aromatic amines is 1. The van der Waals surface area contributed by atoms with E-state index in [1.54, 1.807) is 14.2 Å². The number of hydrogen-bond acceptors (Lipinski definition) is 12. The molecular weight excluding hydrogens is 787 g/mol. The summed E-state index contributed by atoms with van der Waals surface area (Å²) >= 11 is 0. The third kappa shape index (κ3) is 9.86. The van der Waals surface area contributed by atoms with E-state index in [-0.39, 0.29) is 31.7 Å². The summed E-state index contributed by atoms with van der Waals surface area (Å²) in [7, 11) is 1.38. The summed E-state index contributed by atoms with van der Waals surface area (Å²) in [6.45, 7) is 10.6. The van der Waals surface area contributed by atoms with Crippen LogP contribution in [0.4, 0.5) is 0 Å². The second-order valence-electron chi connectivity index (χ2n) is 15.5. The van der Waals surface area contributed by atoms with Crippen molar-refractivity contribution in [1.29, 1.82) is 5.26 Å². The molecule has 322 valence electrons. The predicted molar refractivity (Wildman–Crippen MR) is 227 cm³/mol. The molecule has 60 heavy (non-hydrogen) atoms. The number of nitrogens with zero attached hydrogens (tertiary/aromatic N) is 3. The second kappa shape index (κ2) is 20.4. The van der Waals surface area contributed by atoms with Gasteiger partial charge in [-0.1, -0.05) is 54.6 Å². The Balaban J connectivity index is 1.53. The van der Waals surface area contributed by atoms with Gasteiger partial charge in [0.05, 0.1) is 39.9 Å². The maximum Gasteiger partial charge on any atom is 0.330 e. The van der Waals surface area contributed by atoms with Gasteiger partial charge in [0.1, 0.15) is 34.9 Å². The number of nitrogens with one attached hydrogen (secondary N) is 1. The van der Waals surface area contributed by atoms with Gasteiger partial charge in [-0.3, -0.25) is 14.3 Å². The van der Waals surface area contributed by atoms with Crippen molar-refractivity contribution in [3.63, 3.8) is 0 Å². The van der Waals surface area contributed by atoms with Gasteiger partial charge >= 0.3 is 5.69 Å². The molecule has 0 spiro atoms. The molecule has 15 heteroatoms. The van der Waals surface area contributed by atoms with Crippen LogP contribution in [0.25, 0.3) is 0 Å². The minimum Gasteiger partial charge on any atom is -0.497 e. The van der Waals surface area contributed by atoms with Gasteiger partial charge in [-0.15, -0.1) is 0 Å². The largest absolute Gasteiger partial charge is 0.497 e. The van der Waals surface area contributed by atoms with Crippen molar-refractivity contribution in [2.45, 2.75) is 108 Å². The fourth-order valence-electron chi connectivity index (χ4n) is 8.02. The molecule has 0 radical (unpaired) electrons. The fourth-order valence-corrected chi connectivity index (χ4v) is 9.86. The lowest BCUT2D eigenvalue weighted by molar-refractivity contribution is -0.255. The number of nitriles is 1. The molecule has 2 aliphatic heterocycles. The zero-order valence-corrected chi connectivity index (χ0v) is 36.3. The number of H-pyrrole nitrogens is 1. The highest BCUT2D eigenvalue weighted by atomic mass is 31.2. The average Bonchev–Trinajstić information content (AvgIpc) is 3.51. The zero-order valence-electron chi connectivity index (χ0n) is 35.4. The Labute approximate surface area is 353 Å². The molecule has 6 atom stereocenters. The van der Waals surface area contributed by atoms with Crippen LogP contribution in [0.3, 0.4) is 0 Å². The molecule has 6 rings (SSSR count). The predicted octanol–water partition coefficient (Wildman–Crippen LogP) is 7.42. The van der Waals surface area contributed by atoms with E-state index < -0.39 is 55.7 Å². The number of rotatable bonds is 19. The molecule has 4 aromatic rings. The summed E-state index contributed by atoms with van der Waals surface area (Å²) in [6, 6.07) is 28.8. The Bertz CT molecular complexity index is 2060. The summed E-state index contributed by atoms with van der Waals surface area (Å²) in [5.41, 5.74) is -1.41. The summed E-state index contributed by atoms with van der Waals surface area (Å²) in [6.07, 6.45) is 0.306. The van der Waals surface area contributed by atoms with Crippen molar-refractivity contribution in [1.82, 2.24) is 14.2 Å². The number of benzene rings is 3. The molecule has 0 aliphatic carbocycles. The zero-order chi connectivity index (χ0) is 42.9. The third-order valence-electron chi connectivity index (χ3n) is 10.8. The van der Waals surface area contributed by atoms with Crippen molar-refractivity contribution in [3.8, 4) is 17.6 Å². The first-order valence-electron chi connectivity index (χ1n) is 20.4. The van der Waals surface area contributed by atoms with Crippen LogP contribution in [-0.4, -0.2) is 84.4 Å². The van der Waals surface area contributed by atoms with Crippen LogP contribution in [0.1, 0.15) is 83.2 Å². The van der Waals surface area contributed by atoms with Gasteiger partial charge in [-0.05, 0) is 94.8 Å². The van der Waals surface area contributed by atoms with Gasteiger partial charge in [0.2, 0.25) is 0 Å². The Morgan fingerprint density at radius 2 is 1.53 bits per heavy atom. The van der Waals surface area contributed by atoms with E-state index >= 15 is 0 Å². The molecular formula is C45H57N4O10P. The average molecular weight is 845 g/mol. The lowest BCUT2D eigenvalue weighted by atomic mass is 9.80. The summed E-state index contributed by atoms with van der Waals surface area (Å²) in [4.78, 5) is 28.4. The Morgan fingerprint density at radius 3 is 2.07 bits per heavy atom. The fraction of sp³-hybridized carbons (Fsp3) is 0.489. The quantitative estimate of drug-likeness (QED) is 0.0567. The van der Waals surface area contributed by atoms with Gasteiger partial charge in [0.15, 0.2) is 12.5 Å². The van der Waals surface area contributed by atoms with Crippen LogP contribution in [0, 0.1) is 11.3 Å². The molecule has 3 heterocycles. The number of hydrogen-bond donors (Lipinski definition) is 1. The highest BCUT2D eigenvalue weighted by Gasteiger charge is 2.60. The van der Waals surface area contributed by atoms with Crippen LogP contribution in [-0.2, 0) is 33.6 Å². The number of methoxy groups -OCH3 is 2. The monoisotopic (exact) mass is 844 g/mol. The molecule has 2 fully saturated rings. The molecule has 3 aromatic carbocycles. The van der Waals surface area contributed by atoms with Gasteiger partial charge < -0.3 is 37.5 Å². The molecule has 1 aromatic heterocycles. The first-order chi connectivity index (χ1) is 28.9. The lowest BCUT2D eigenvalue weighted by Gasteiger charge is -2.43. The second-order valence-corrected chi connectivity index (χ2v) is 16.9. The summed E-state index contributed by atoms with van der Waals surface area (Å²) in [5.74, 6) is 1.36. The van der Waals surface area contributed by atoms with Gasteiger partial charge in [0, 0.05) is 31.0 Å². The van der Waals surface area contributed by atoms with Crippen molar-refractivity contribution in [3.05, 3.63) is 129 Å². The summed E-state index contributed by atoms with van der Waals surface area (Å²) in [5, 5.41) is 9.50. The topological polar surface area (TPSA) is 156 Å². The Morgan fingerprint density at radius 1 is 0.917 bits per heavy atom. The minimum atomic E-state index is -1.86. The molecule has 0 bridgehead atoms. The van der Waals surface area contributed by atoms with E-state index in [0.29, 0.717) is 24.5 Å². The van der Waals surface area contributed by atoms with Crippen LogP contribution in [0.2, 0.25) is 0 Å². The van der Waals surface area contributed by atoms with Gasteiger partial charge in [-0.25, -0.2) is 9.46 Å². The van der Waals surface area contributed by atoms with E-state index in [4.69, 9.17) is 37.5 Å². The van der Waals surface area contributed by atoms with Gasteiger partial charge in [-0.2, -0.15) is 5.26 Å². The van der Waals surface area contributed by atoms with E-state index in [2.05, 4.69) is 43.4 Å². The maximum absolute atomic E-state index is 13.7. The third-order valence-corrected chi connectivity index (χ3v) is 12.9. The van der Waals surface area contributed by atoms with Crippen molar-refractivity contribution in [2.75, 3.05) is 34.0 Å². The molecule has 0 saturated carbocycles. The molecule has 1 N–H and O–H groups in total. The first-order valence-corrected chi connectivity index (χ1v) is 21.6. The molecule has 2 unspecified atom stereocenters. The van der Waals surface area contributed by atoms with Crippen molar-refractivity contribution < 1.29 is 37.5 Å². The highest BCUT2D eigenvalue weighted by molar-refractivity contribution is 7.44. The Hall–Kier alpha value is -4.42. The van der Waals surface area contributed by atoms with Crippen molar-refractivity contribution >= 4 is 8.53 Å². The van der Waals surface area contributed by atoms with E-state index in [0.717, 1.165) is 29.5 Å². The van der Waals surface area contributed by atoms with Crippen LogP contribution in [0.15, 0.2) is 101 Å².